The number of furan rings is 1. The smallest absolute Gasteiger partial charge is 0.410 e. The van der Waals surface area contributed by atoms with Crippen molar-refractivity contribution in [3.8, 4) is 0 Å². The molecule has 1 saturated heterocycles. The standard InChI is InChI=1S/C17H26N2O4/c1-12-6-7-14(22-12)11-18(5)15(20)13-8-9-19(10-13)16(21)23-17(2,3)4/h6-7,13H,8-11H2,1-5H3. The van der Waals surface area contributed by atoms with Crippen LogP contribution in [0.25, 0.3) is 0 Å². The van der Waals surface area contributed by atoms with Gasteiger partial charge in [0.25, 0.3) is 0 Å². The summed E-state index contributed by atoms with van der Waals surface area (Å²) in [6.45, 7) is 8.79. The molecule has 2 heterocycles. The zero-order chi connectivity index (χ0) is 17.2. The van der Waals surface area contributed by atoms with Gasteiger partial charge in [-0.1, -0.05) is 0 Å². The van der Waals surface area contributed by atoms with Crippen molar-refractivity contribution in [2.24, 2.45) is 5.92 Å². The van der Waals surface area contributed by atoms with Crippen LogP contribution < -0.4 is 0 Å². The van der Waals surface area contributed by atoms with Crippen LogP contribution in [-0.4, -0.2) is 47.5 Å². The summed E-state index contributed by atoms with van der Waals surface area (Å²) in [5.41, 5.74) is -0.521. The van der Waals surface area contributed by atoms with Gasteiger partial charge in [0.05, 0.1) is 12.5 Å². The van der Waals surface area contributed by atoms with Crippen LogP contribution in [0.15, 0.2) is 16.5 Å². The highest BCUT2D eigenvalue weighted by Gasteiger charge is 2.34. The molecule has 1 unspecified atom stereocenters. The zero-order valence-corrected chi connectivity index (χ0v) is 14.6. The van der Waals surface area contributed by atoms with Gasteiger partial charge >= 0.3 is 6.09 Å². The number of likely N-dealkylation sites (tertiary alicyclic amines) is 1. The molecule has 0 bridgehead atoms. The van der Waals surface area contributed by atoms with E-state index in [-0.39, 0.29) is 17.9 Å². The van der Waals surface area contributed by atoms with Gasteiger partial charge in [0.1, 0.15) is 17.1 Å². The molecule has 1 atom stereocenters. The fourth-order valence-corrected chi connectivity index (χ4v) is 2.65. The lowest BCUT2D eigenvalue weighted by Gasteiger charge is -2.25. The lowest BCUT2D eigenvalue weighted by Crippen LogP contribution is -2.38. The molecular weight excluding hydrogens is 296 g/mol. The molecule has 0 radical (unpaired) electrons. The van der Waals surface area contributed by atoms with Crippen molar-refractivity contribution in [2.75, 3.05) is 20.1 Å². The Hall–Kier alpha value is -1.98. The first-order valence-corrected chi connectivity index (χ1v) is 7.94. The molecule has 1 fully saturated rings. The number of amides is 2. The van der Waals surface area contributed by atoms with E-state index >= 15 is 0 Å². The van der Waals surface area contributed by atoms with Crippen LogP contribution >= 0.6 is 0 Å². The molecule has 128 valence electrons. The third-order valence-electron chi connectivity index (χ3n) is 3.75. The van der Waals surface area contributed by atoms with Crippen molar-refractivity contribution in [2.45, 2.75) is 46.3 Å². The highest BCUT2D eigenvalue weighted by molar-refractivity contribution is 5.80. The zero-order valence-electron chi connectivity index (χ0n) is 14.6. The fourth-order valence-electron chi connectivity index (χ4n) is 2.65. The van der Waals surface area contributed by atoms with Gasteiger partial charge in [-0.05, 0) is 46.2 Å². The van der Waals surface area contributed by atoms with E-state index in [1.807, 2.05) is 39.8 Å². The molecule has 6 nitrogen and oxygen atoms in total. The highest BCUT2D eigenvalue weighted by Crippen LogP contribution is 2.22. The van der Waals surface area contributed by atoms with Crippen LogP contribution in [0.3, 0.4) is 0 Å². The number of carbonyl (C=O) groups excluding carboxylic acids is 2. The monoisotopic (exact) mass is 322 g/mol. The summed E-state index contributed by atoms with van der Waals surface area (Å²) in [7, 11) is 1.76. The molecule has 1 aromatic heterocycles. The molecule has 1 aliphatic rings. The van der Waals surface area contributed by atoms with Gasteiger partial charge in [-0.25, -0.2) is 4.79 Å². The predicted octanol–water partition coefficient (Wildman–Crippen LogP) is 2.80. The summed E-state index contributed by atoms with van der Waals surface area (Å²) < 4.78 is 10.9. The minimum absolute atomic E-state index is 0.0325. The largest absolute Gasteiger partial charge is 0.464 e. The van der Waals surface area contributed by atoms with Gasteiger partial charge in [-0.2, -0.15) is 0 Å². The van der Waals surface area contributed by atoms with Crippen LogP contribution in [0.2, 0.25) is 0 Å². The maximum atomic E-state index is 12.5. The molecule has 6 heteroatoms. The van der Waals surface area contributed by atoms with Gasteiger partial charge in [-0.3, -0.25) is 4.79 Å². The minimum atomic E-state index is -0.521. The van der Waals surface area contributed by atoms with Crippen molar-refractivity contribution in [1.29, 1.82) is 0 Å². The van der Waals surface area contributed by atoms with E-state index < -0.39 is 5.60 Å². The summed E-state index contributed by atoms with van der Waals surface area (Å²) in [4.78, 5) is 27.8. The normalized spacial score (nSPS) is 18.1. The lowest BCUT2D eigenvalue weighted by molar-refractivity contribution is -0.134. The molecule has 2 rings (SSSR count). The number of hydrogen-bond acceptors (Lipinski definition) is 4. The maximum absolute atomic E-state index is 12.5. The van der Waals surface area contributed by atoms with Gasteiger partial charge in [-0.15, -0.1) is 0 Å². The minimum Gasteiger partial charge on any atom is -0.464 e. The van der Waals surface area contributed by atoms with Gasteiger partial charge < -0.3 is 19.0 Å². The van der Waals surface area contributed by atoms with Gasteiger partial charge in [0.15, 0.2) is 0 Å². The summed E-state index contributed by atoms with van der Waals surface area (Å²) in [6.07, 6.45) is 0.316. The molecular formula is C17H26N2O4. The fraction of sp³-hybridized carbons (Fsp3) is 0.647. The van der Waals surface area contributed by atoms with Crippen molar-refractivity contribution < 1.29 is 18.7 Å². The number of nitrogens with zero attached hydrogens (tertiary/aromatic N) is 2. The highest BCUT2D eigenvalue weighted by atomic mass is 16.6. The Bertz CT molecular complexity index is 573. The number of ether oxygens (including phenoxy) is 1. The van der Waals surface area contributed by atoms with Gasteiger partial charge in [0, 0.05) is 20.1 Å². The summed E-state index contributed by atoms with van der Waals surface area (Å²) in [6, 6.07) is 3.76. The molecule has 1 aliphatic heterocycles. The second kappa shape index (κ2) is 6.64. The number of rotatable bonds is 3. The van der Waals surface area contributed by atoms with E-state index in [9.17, 15) is 9.59 Å². The van der Waals surface area contributed by atoms with E-state index in [2.05, 4.69) is 0 Å². The molecule has 0 spiro atoms. The molecule has 0 N–H and O–H groups in total. The van der Waals surface area contributed by atoms with E-state index in [0.717, 1.165) is 11.5 Å². The second-order valence-corrected chi connectivity index (χ2v) is 7.12. The number of hydrogen-bond donors (Lipinski definition) is 0. The molecule has 0 saturated carbocycles. The van der Waals surface area contributed by atoms with Crippen LogP contribution in [0.4, 0.5) is 4.79 Å². The Balaban J connectivity index is 1.88. The van der Waals surface area contributed by atoms with E-state index in [4.69, 9.17) is 9.15 Å². The van der Waals surface area contributed by atoms with E-state index in [1.165, 1.54) is 0 Å². The summed E-state index contributed by atoms with van der Waals surface area (Å²) in [5.74, 6) is 1.45. The summed E-state index contributed by atoms with van der Waals surface area (Å²) in [5, 5.41) is 0. The van der Waals surface area contributed by atoms with Crippen molar-refractivity contribution in [1.82, 2.24) is 9.80 Å². The Morgan fingerprint density at radius 1 is 1.39 bits per heavy atom. The molecule has 1 aromatic rings. The van der Waals surface area contributed by atoms with Crippen molar-refractivity contribution >= 4 is 12.0 Å². The van der Waals surface area contributed by atoms with Crippen molar-refractivity contribution in [3.05, 3.63) is 23.7 Å². The van der Waals surface area contributed by atoms with Crippen LogP contribution in [-0.2, 0) is 16.1 Å². The first-order chi connectivity index (χ1) is 10.7. The SMILES string of the molecule is Cc1ccc(CN(C)C(=O)C2CCN(C(=O)OC(C)(C)C)C2)o1. The first kappa shape index (κ1) is 17.4. The quantitative estimate of drug-likeness (QED) is 0.858. The Labute approximate surface area is 137 Å². The second-order valence-electron chi connectivity index (χ2n) is 7.12. The van der Waals surface area contributed by atoms with E-state index in [1.54, 1.807) is 16.8 Å². The Morgan fingerprint density at radius 2 is 2.09 bits per heavy atom. The Kier molecular flexibility index (Phi) is 5.02. The predicted molar refractivity (Wildman–Crippen MR) is 85.8 cm³/mol. The lowest BCUT2D eigenvalue weighted by atomic mass is 10.1. The molecule has 0 aromatic carbocycles. The van der Waals surface area contributed by atoms with Crippen molar-refractivity contribution in [3.63, 3.8) is 0 Å². The van der Waals surface area contributed by atoms with Crippen LogP contribution in [0.5, 0.6) is 0 Å². The summed E-state index contributed by atoms with van der Waals surface area (Å²) >= 11 is 0. The molecule has 2 amide bonds. The average molecular weight is 322 g/mol. The third kappa shape index (κ3) is 4.74. The Morgan fingerprint density at radius 3 is 2.65 bits per heavy atom. The molecule has 0 aliphatic carbocycles. The van der Waals surface area contributed by atoms with Crippen LogP contribution in [0, 0.1) is 12.8 Å². The number of carbonyl (C=O) groups is 2. The third-order valence-corrected chi connectivity index (χ3v) is 3.75. The maximum Gasteiger partial charge on any atom is 0.410 e. The number of aryl methyl sites for hydroxylation is 1. The first-order valence-electron chi connectivity index (χ1n) is 7.94. The van der Waals surface area contributed by atoms with E-state index in [0.29, 0.717) is 26.1 Å². The topological polar surface area (TPSA) is 63.0 Å². The van der Waals surface area contributed by atoms with Gasteiger partial charge in [0.2, 0.25) is 5.91 Å². The van der Waals surface area contributed by atoms with Crippen LogP contribution in [0.1, 0.15) is 38.7 Å². The average Bonchev–Trinajstić information content (AvgIpc) is 3.05. The molecule has 23 heavy (non-hydrogen) atoms.